The molecule has 0 aromatic carbocycles. The summed E-state index contributed by atoms with van der Waals surface area (Å²) in [6.07, 6.45) is 6.31. The van der Waals surface area contributed by atoms with E-state index < -0.39 is 0 Å². The van der Waals surface area contributed by atoms with Crippen LogP contribution in [0.4, 0.5) is 0 Å². The Hall–Kier alpha value is -0.920. The molecule has 0 spiro atoms. The van der Waals surface area contributed by atoms with E-state index in [-0.39, 0.29) is 0 Å². The van der Waals surface area contributed by atoms with Gasteiger partial charge in [-0.3, -0.25) is 0 Å². The van der Waals surface area contributed by atoms with Crippen molar-refractivity contribution in [3.05, 3.63) is 23.6 Å². The fourth-order valence-corrected chi connectivity index (χ4v) is 1.10. The van der Waals surface area contributed by atoms with Crippen LogP contribution < -0.4 is 5.32 Å². The van der Waals surface area contributed by atoms with Gasteiger partial charge in [0.25, 0.3) is 0 Å². The molecule has 2 nitrogen and oxygen atoms in total. The highest BCUT2D eigenvalue weighted by molar-refractivity contribution is 5.26. The van der Waals surface area contributed by atoms with Gasteiger partial charge >= 0.3 is 0 Å². The first-order chi connectivity index (χ1) is 4.47. The highest BCUT2D eigenvalue weighted by atomic mass is 16.5. The van der Waals surface area contributed by atoms with Crippen molar-refractivity contribution in [1.29, 1.82) is 0 Å². The molecular weight excluding hydrogens is 114 g/mol. The summed E-state index contributed by atoms with van der Waals surface area (Å²) in [7, 11) is 0. The monoisotopic (exact) mass is 122 g/mol. The zero-order chi connectivity index (χ0) is 6.10. The lowest BCUT2D eigenvalue weighted by atomic mass is 10.1. The molecule has 0 unspecified atom stereocenters. The van der Waals surface area contributed by atoms with Crippen LogP contribution in [0.3, 0.4) is 0 Å². The first-order valence-electron chi connectivity index (χ1n) is 3.17. The first-order valence-corrected chi connectivity index (χ1v) is 3.17. The second-order valence-corrected chi connectivity index (χ2v) is 2.18. The molecular formula is C7H8NO. The van der Waals surface area contributed by atoms with Gasteiger partial charge in [0.05, 0.1) is 5.70 Å². The van der Waals surface area contributed by atoms with E-state index in [4.69, 9.17) is 4.74 Å². The molecule has 0 amide bonds. The van der Waals surface area contributed by atoms with Crippen molar-refractivity contribution in [2.24, 2.45) is 0 Å². The minimum Gasteiger partial charge on any atom is -0.473 e. The molecule has 0 saturated carbocycles. The van der Waals surface area contributed by atoms with E-state index >= 15 is 0 Å². The smallest absolute Gasteiger partial charge is 0.179 e. The second kappa shape index (κ2) is 1.79. The van der Waals surface area contributed by atoms with Crippen LogP contribution in [0.1, 0.15) is 12.8 Å². The number of ether oxygens (including phenoxy) is 1. The van der Waals surface area contributed by atoms with E-state index in [0.717, 1.165) is 24.3 Å². The summed E-state index contributed by atoms with van der Waals surface area (Å²) in [6.45, 7) is 0.537. The maximum absolute atomic E-state index is 5.22. The highest BCUT2D eigenvalue weighted by Gasteiger charge is 2.15. The van der Waals surface area contributed by atoms with Crippen molar-refractivity contribution in [3.63, 3.8) is 0 Å². The Morgan fingerprint density at radius 1 is 1.56 bits per heavy atom. The average Bonchev–Trinajstić information content (AvgIpc) is 2.33. The predicted octanol–water partition coefficient (Wildman–Crippen LogP) is 1.14. The number of hydrogen-bond acceptors (Lipinski definition) is 1. The molecule has 9 heavy (non-hydrogen) atoms. The number of allylic oxidation sites excluding steroid dienone is 3. The lowest BCUT2D eigenvalue weighted by Gasteiger charge is -2.02. The topological polar surface area (TPSA) is 23.3 Å². The fourth-order valence-electron chi connectivity index (χ4n) is 1.10. The van der Waals surface area contributed by atoms with Gasteiger partial charge in [-0.05, 0) is 12.5 Å². The summed E-state index contributed by atoms with van der Waals surface area (Å²) < 4.78 is 5.22. The maximum atomic E-state index is 5.22. The summed E-state index contributed by atoms with van der Waals surface area (Å²) in [5.41, 5.74) is 1.06. The van der Waals surface area contributed by atoms with E-state index in [2.05, 4.69) is 11.4 Å². The molecule has 2 aliphatic rings. The van der Waals surface area contributed by atoms with Gasteiger partial charge in [0.15, 0.2) is 6.73 Å². The first kappa shape index (κ1) is 4.91. The van der Waals surface area contributed by atoms with Crippen molar-refractivity contribution in [2.45, 2.75) is 12.8 Å². The standard InChI is InChI=1S/C7H8NO/c1-2-4-7-6(3-1)8-5-9-7/h1,3H,2,4-5H2. The highest BCUT2D eigenvalue weighted by Crippen LogP contribution is 2.22. The zero-order valence-corrected chi connectivity index (χ0v) is 5.13. The van der Waals surface area contributed by atoms with Gasteiger partial charge in [0.1, 0.15) is 5.76 Å². The van der Waals surface area contributed by atoms with Crippen molar-refractivity contribution in [1.82, 2.24) is 5.32 Å². The molecule has 2 heteroatoms. The minimum atomic E-state index is 0.537. The maximum Gasteiger partial charge on any atom is 0.179 e. The average molecular weight is 122 g/mol. The molecule has 2 rings (SSSR count). The molecule has 0 N–H and O–H groups in total. The second-order valence-electron chi connectivity index (χ2n) is 2.18. The fraction of sp³-hybridized carbons (Fsp3) is 0.429. The normalized spacial score (nSPS) is 23.1. The van der Waals surface area contributed by atoms with Crippen molar-refractivity contribution in [3.8, 4) is 0 Å². The number of hydrogen-bond donors (Lipinski definition) is 0. The minimum absolute atomic E-state index is 0.537. The van der Waals surface area contributed by atoms with Crippen LogP contribution in [0.5, 0.6) is 0 Å². The van der Waals surface area contributed by atoms with Gasteiger partial charge in [-0.2, -0.15) is 0 Å². The van der Waals surface area contributed by atoms with Crippen LogP contribution in [0, 0.1) is 0 Å². The summed E-state index contributed by atoms with van der Waals surface area (Å²) in [5.74, 6) is 1.08. The lowest BCUT2D eigenvalue weighted by Crippen LogP contribution is -1.96. The van der Waals surface area contributed by atoms with Crippen LogP contribution in [0.25, 0.3) is 0 Å². The Morgan fingerprint density at radius 2 is 2.56 bits per heavy atom. The van der Waals surface area contributed by atoms with E-state index in [1.54, 1.807) is 0 Å². The molecule has 1 heterocycles. The van der Waals surface area contributed by atoms with Crippen LogP contribution >= 0.6 is 0 Å². The third-order valence-corrected chi connectivity index (χ3v) is 1.57. The third kappa shape index (κ3) is 0.707. The van der Waals surface area contributed by atoms with E-state index in [1.807, 2.05) is 6.08 Å². The van der Waals surface area contributed by atoms with Crippen molar-refractivity contribution in [2.75, 3.05) is 6.73 Å². The Labute approximate surface area is 54.2 Å². The molecule has 0 atom stereocenters. The Balaban J connectivity index is 2.28. The molecule has 0 bridgehead atoms. The van der Waals surface area contributed by atoms with Crippen molar-refractivity contribution < 1.29 is 4.74 Å². The summed E-state index contributed by atoms with van der Waals surface area (Å²) in [5, 5.41) is 4.13. The van der Waals surface area contributed by atoms with Gasteiger partial charge in [-0.15, -0.1) is 0 Å². The van der Waals surface area contributed by atoms with Gasteiger partial charge in [0.2, 0.25) is 0 Å². The molecule has 1 aliphatic heterocycles. The Kier molecular flexibility index (Phi) is 0.979. The quantitative estimate of drug-likeness (QED) is 0.472. The third-order valence-electron chi connectivity index (χ3n) is 1.57. The van der Waals surface area contributed by atoms with Crippen LogP contribution in [0.15, 0.2) is 23.6 Å². The summed E-state index contributed by atoms with van der Waals surface area (Å²) in [6, 6.07) is 0. The molecule has 1 radical (unpaired) electrons. The van der Waals surface area contributed by atoms with Gasteiger partial charge in [-0.25, -0.2) is 5.32 Å². The van der Waals surface area contributed by atoms with Gasteiger partial charge < -0.3 is 4.74 Å². The number of nitrogens with zero attached hydrogens (tertiary/aromatic N) is 1. The van der Waals surface area contributed by atoms with Crippen molar-refractivity contribution >= 4 is 0 Å². The Morgan fingerprint density at radius 3 is 3.44 bits per heavy atom. The lowest BCUT2D eigenvalue weighted by molar-refractivity contribution is 0.221. The van der Waals surface area contributed by atoms with Gasteiger partial charge in [-0.1, -0.05) is 6.08 Å². The molecule has 47 valence electrons. The summed E-state index contributed by atoms with van der Waals surface area (Å²) in [4.78, 5) is 0. The SMILES string of the molecule is C1=CC2=C(CC1)OC[N]2. The van der Waals surface area contributed by atoms with Crippen LogP contribution in [-0.4, -0.2) is 6.73 Å². The predicted molar refractivity (Wildman–Crippen MR) is 33.5 cm³/mol. The zero-order valence-electron chi connectivity index (χ0n) is 5.13. The molecule has 0 aromatic rings. The summed E-state index contributed by atoms with van der Waals surface area (Å²) >= 11 is 0. The molecule has 0 fully saturated rings. The Bertz CT molecular complexity index is 181. The molecule has 0 aromatic heterocycles. The van der Waals surface area contributed by atoms with E-state index in [1.165, 1.54) is 0 Å². The van der Waals surface area contributed by atoms with Crippen LogP contribution in [-0.2, 0) is 4.74 Å². The van der Waals surface area contributed by atoms with Gasteiger partial charge in [0, 0.05) is 6.42 Å². The van der Waals surface area contributed by atoms with Crippen LogP contribution in [0.2, 0.25) is 0 Å². The number of rotatable bonds is 0. The van der Waals surface area contributed by atoms with E-state index in [0.29, 0.717) is 6.73 Å². The molecule has 1 aliphatic carbocycles. The molecule has 0 saturated heterocycles. The largest absolute Gasteiger partial charge is 0.473 e. The van der Waals surface area contributed by atoms with E-state index in [9.17, 15) is 0 Å².